The predicted octanol–water partition coefficient (Wildman–Crippen LogP) is 2.71. The molecule has 0 unspecified atom stereocenters. The van der Waals surface area contributed by atoms with Crippen molar-refractivity contribution in [1.29, 1.82) is 0 Å². The standard InChI is InChI=1S/C25H33N3O3/c1-17(2)8-9-18-10-12-19(13-11-18)24-21-14-27(15-23(30)28(21)22(24)16-29)25(31)26-20-6-4-3-5-7-20/h10-13,17,20-22,24,29H,3-7,14-16H2,1-2H3,(H,26,31)/t21-,22+,24+/m1/s1. The first-order chi connectivity index (χ1) is 15.0. The minimum absolute atomic E-state index is 0.0198. The number of fused-ring (bicyclic) bond motifs is 1. The van der Waals surface area contributed by atoms with Gasteiger partial charge < -0.3 is 20.2 Å². The average Bonchev–Trinajstić information content (AvgIpc) is 2.75. The molecule has 2 saturated heterocycles. The van der Waals surface area contributed by atoms with Gasteiger partial charge in [-0.15, -0.1) is 0 Å². The molecule has 4 rings (SSSR count). The Morgan fingerprint density at radius 3 is 2.55 bits per heavy atom. The molecule has 31 heavy (non-hydrogen) atoms. The highest BCUT2D eigenvalue weighted by Gasteiger charge is 2.54. The zero-order valence-corrected chi connectivity index (χ0v) is 18.5. The first-order valence-corrected chi connectivity index (χ1v) is 11.6. The van der Waals surface area contributed by atoms with E-state index in [1.54, 1.807) is 9.80 Å². The topological polar surface area (TPSA) is 72.9 Å². The summed E-state index contributed by atoms with van der Waals surface area (Å²) < 4.78 is 0. The van der Waals surface area contributed by atoms with Gasteiger partial charge in [-0.1, -0.05) is 57.1 Å². The molecular formula is C25H33N3O3. The molecule has 1 aromatic carbocycles. The highest BCUT2D eigenvalue weighted by atomic mass is 16.3. The summed E-state index contributed by atoms with van der Waals surface area (Å²) in [5, 5.41) is 13.1. The van der Waals surface area contributed by atoms with E-state index in [1.165, 1.54) is 6.42 Å². The van der Waals surface area contributed by atoms with E-state index in [-0.39, 0.29) is 49.1 Å². The van der Waals surface area contributed by atoms with E-state index in [0.717, 1.165) is 36.8 Å². The van der Waals surface area contributed by atoms with Crippen LogP contribution in [0.5, 0.6) is 0 Å². The van der Waals surface area contributed by atoms with E-state index >= 15 is 0 Å². The number of carbonyl (C=O) groups excluding carboxylic acids is 2. The van der Waals surface area contributed by atoms with E-state index in [9.17, 15) is 14.7 Å². The molecular weight excluding hydrogens is 390 g/mol. The summed E-state index contributed by atoms with van der Waals surface area (Å²) in [5.41, 5.74) is 2.04. The summed E-state index contributed by atoms with van der Waals surface area (Å²) in [6.45, 7) is 4.64. The number of piperazine rings is 1. The van der Waals surface area contributed by atoms with Crippen LogP contribution >= 0.6 is 0 Å². The summed E-state index contributed by atoms with van der Waals surface area (Å²) >= 11 is 0. The van der Waals surface area contributed by atoms with Gasteiger partial charge in [0.25, 0.3) is 0 Å². The monoisotopic (exact) mass is 423 g/mol. The van der Waals surface area contributed by atoms with E-state index in [2.05, 4.69) is 31.0 Å². The number of nitrogens with zero attached hydrogens (tertiary/aromatic N) is 2. The zero-order valence-electron chi connectivity index (χ0n) is 18.5. The number of carbonyl (C=O) groups is 2. The molecule has 3 aliphatic rings. The molecule has 6 nitrogen and oxygen atoms in total. The first kappa shape index (κ1) is 21.7. The number of amides is 3. The second-order valence-corrected chi connectivity index (χ2v) is 9.36. The molecule has 0 radical (unpaired) electrons. The van der Waals surface area contributed by atoms with Gasteiger partial charge in [0.1, 0.15) is 6.54 Å². The van der Waals surface area contributed by atoms with Crippen LogP contribution in [0, 0.1) is 17.8 Å². The molecule has 1 aromatic rings. The Bertz CT molecular complexity index is 864. The quantitative estimate of drug-likeness (QED) is 0.735. The molecule has 0 bridgehead atoms. The van der Waals surface area contributed by atoms with Crippen LogP contribution in [0.2, 0.25) is 0 Å². The Kier molecular flexibility index (Phi) is 6.52. The zero-order chi connectivity index (χ0) is 22.0. The van der Waals surface area contributed by atoms with Gasteiger partial charge in [0, 0.05) is 30.0 Å². The molecule has 0 aromatic heterocycles. The highest BCUT2D eigenvalue weighted by molar-refractivity contribution is 5.87. The lowest BCUT2D eigenvalue weighted by molar-refractivity contribution is -0.159. The summed E-state index contributed by atoms with van der Waals surface area (Å²) in [7, 11) is 0. The number of benzene rings is 1. The van der Waals surface area contributed by atoms with Gasteiger partial charge in [-0.25, -0.2) is 4.79 Å². The van der Waals surface area contributed by atoms with Crippen LogP contribution < -0.4 is 5.32 Å². The Balaban J connectivity index is 1.46. The fourth-order valence-electron chi connectivity index (χ4n) is 5.18. The Morgan fingerprint density at radius 2 is 1.90 bits per heavy atom. The van der Waals surface area contributed by atoms with Gasteiger partial charge in [-0.3, -0.25) is 4.79 Å². The smallest absolute Gasteiger partial charge is 0.318 e. The molecule has 2 heterocycles. The Morgan fingerprint density at radius 1 is 1.19 bits per heavy atom. The maximum Gasteiger partial charge on any atom is 0.318 e. The van der Waals surface area contributed by atoms with Crippen molar-refractivity contribution in [3.8, 4) is 11.8 Å². The van der Waals surface area contributed by atoms with Gasteiger partial charge >= 0.3 is 6.03 Å². The number of urea groups is 1. The third-order valence-corrected chi connectivity index (χ3v) is 6.77. The van der Waals surface area contributed by atoms with Crippen LogP contribution in [0.3, 0.4) is 0 Å². The number of hydrogen-bond acceptors (Lipinski definition) is 3. The average molecular weight is 424 g/mol. The van der Waals surface area contributed by atoms with Gasteiger partial charge in [0.2, 0.25) is 5.91 Å². The third kappa shape index (κ3) is 4.57. The summed E-state index contributed by atoms with van der Waals surface area (Å²) in [6.07, 6.45) is 5.57. The van der Waals surface area contributed by atoms with Gasteiger partial charge in [-0.05, 0) is 30.5 Å². The fourth-order valence-corrected chi connectivity index (χ4v) is 5.18. The van der Waals surface area contributed by atoms with E-state index in [0.29, 0.717) is 12.5 Å². The van der Waals surface area contributed by atoms with Crippen LogP contribution in [0.4, 0.5) is 4.79 Å². The maximum atomic E-state index is 12.8. The molecule has 1 saturated carbocycles. The van der Waals surface area contributed by atoms with Crippen molar-refractivity contribution >= 4 is 11.9 Å². The van der Waals surface area contributed by atoms with Crippen LogP contribution in [-0.2, 0) is 4.79 Å². The SMILES string of the molecule is CC(C)C#Cc1ccc([C@H]2[C@H]3CN(C(=O)NC4CCCCC4)CC(=O)N3[C@H]2CO)cc1. The molecule has 1 aliphatic carbocycles. The number of aliphatic hydroxyl groups is 1. The highest BCUT2D eigenvalue weighted by Crippen LogP contribution is 2.42. The molecule has 166 valence electrons. The molecule has 2 aliphatic heterocycles. The van der Waals surface area contributed by atoms with E-state index in [4.69, 9.17) is 0 Å². The number of hydrogen-bond donors (Lipinski definition) is 2. The number of nitrogens with one attached hydrogen (secondary N) is 1. The normalized spacial score (nSPS) is 26.1. The fraction of sp³-hybridized carbons (Fsp3) is 0.600. The summed E-state index contributed by atoms with van der Waals surface area (Å²) in [6, 6.07) is 7.85. The lowest BCUT2D eigenvalue weighted by atomic mass is 9.73. The van der Waals surface area contributed by atoms with Gasteiger partial charge in [0.15, 0.2) is 0 Å². The Hall–Kier alpha value is -2.52. The molecule has 3 amide bonds. The lowest BCUT2D eigenvalue weighted by Crippen LogP contribution is -2.74. The molecule has 3 atom stereocenters. The van der Waals surface area contributed by atoms with Gasteiger partial charge in [0.05, 0.1) is 18.7 Å². The Labute approximate surface area is 185 Å². The molecule has 6 heteroatoms. The number of aliphatic hydroxyl groups excluding tert-OH is 1. The predicted molar refractivity (Wildman–Crippen MR) is 119 cm³/mol. The van der Waals surface area contributed by atoms with Crippen molar-refractivity contribution in [2.24, 2.45) is 5.92 Å². The van der Waals surface area contributed by atoms with Crippen molar-refractivity contribution in [1.82, 2.24) is 15.1 Å². The van der Waals surface area contributed by atoms with Crippen LogP contribution in [0.25, 0.3) is 0 Å². The van der Waals surface area contributed by atoms with Crippen molar-refractivity contribution < 1.29 is 14.7 Å². The molecule has 0 spiro atoms. The van der Waals surface area contributed by atoms with E-state index in [1.807, 2.05) is 24.3 Å². The first-order valence-electron chi connectivity index (χ1n) is 11.6. The maximum absolute atomic E-state index is 12.8. The van der Waals surface area contributed by atoms with Crippen molar-refractivity contribution in [2.45, 2.75) is 70.0 Å². The van der Waals surface area contributed by atoms with E-state index < -0.39 is 0 Å². The third-order valence-electron chi connectivity index (χ3n) is 6.77. The van der Waals surface area contributed by atoms with Crippen molar-refractivity contribution in [2.75, 3.05) is 19.7 Å². The van der Waals surface area contributed by atoms with Crippen LogP contribution in [0.1, 0.15) is 63.0 Å². The minimum Gasteiger partial charge on any atom is -0.394 e. The summed E-state index contributed by atoms with van der Waals surface area (Å²) in [5.74, 6) is 6.60. The molecule has 3 fully saturated rings. The van der Waals surface area contributed by atoms with Crippen LogP contribution in [0.15, 0.2) is 24.3 Å². The second-order valence-electron chi connectivity index (χ2n) is 9.36. The van der Waals surface area contributed by atoms with Crippen molar-refractivity contribution in [3.05, 3.63) is 35.4 Å². The number of rotatable bonds is 3. The van der Waals surface area contributed by atoms with Gasteiger partial charge in [-0.2, -0.15) is 0 Å². The second kappa shape index (κ2) is 9.32. The molecule has 2 N–H and O–H groups in total. The minimum atomic E-state index is -0.228. The lowest BCUT2D eigenvalue weighted by Gasteiger charge is -2.58. The van der Waals surface area contributed by atoms with Crippen LogP contribution in [-0.4, -0.2) is 64.7 Å². The van der Waals surface area contributed by atoms with Crippen molar-refractivity contribution in [3.63, 3.8) is 0 Å². The summed E-state index contributed by atoms with van der Waals surface area (Å²) in [4.78, 5) is 29.1. The largest absolute Gasteiger partial charge is 0.394 e.